The van der Waals surface area contributed by atoms with E-state index in [9.17, 15) is 0 Å². The molecule has 0 aliphatic carbocycles. The molecule has 0 radical (unpaired) electrons. The monoisotopic (exact) mass is 516 g/mol. The number of hydrogen-bond donors (Lipinski definition) is 2. The van der Waals surface area contributed by atoms with Gasteiger partial charge in [-0.05, 0) is 0 Å². The second-order valence-electron chi connectivity index (χ2n) is 3.66. The van der Waals surface area contributed by atoms with Crippen LogP contribution in [-0.4, -0.2) is 66.8 Å². The van der Waals surface area contributed by atoms with Crippen LogP contribution in [0, 0.1) is 0 Å². The molecule has 0 amide bonds. The minimum atomic E-state index is 0. The Morgan fingerprint density at radius 1 is 0.783 bits per heavy atom. The summed E-state index contributed by atoms with van der Waals surface area (Å²) in [5, 5.41) is 0. The molecule has 0 atom stereocenters. The van der Waals surface area contributed by atoms with Gasteiger partial charge < -0.3 is 71.0 Å². The van der Waals surface area contributed by atoms with Crippen LogP contribution in [-0.2, 0) is 44.7 Å². The minimum absolute atomic E-state index is 0. The molecule has 0 aliphatic heterocycles. The van der Waals surface area contributed by atoms with Crippen LogP contribution in [0.4, 0.5) is 0 Å². The summed E-state index contributed by atoms with van der Waals surface area (Å²) in [5.41, 5.74) is 10.5. The fraction of sp³-hybridized carbons (Fsp3) is 0.600. The van der Waals surface area contributed by atoms with Gasteiger partial charge in [0.15, 0.2) is 0 Å². The van der Waals surface area contributed by atoms with E-state index in [1.807, 2.05) is 28.2 Å². The topological polar surface area (TPSA) is 58.5 Å². The Kier molecular flexibility index (Phi) is 29.8. The van der Waals surface area contributed by atoms with Crippen molar-refractivity contribution in [3.8, 4) is 0 Å². The average molecular weight is 518 g/mol. The number of thiocarbonyl (C=S) groups is 4. The molecule has 0 saturated heterocycles. The standard InChI is InChI=1S/C4H8N2S4.2C3H7NS2.Zn/c5-3(7)9-1-2-10-4(6)8;2*1-4(2)3(5)6;/h1-2H2,(H2,5,7)(H2,6,8);2*1-2H3,(H,5,6);/q;;;+2/p-2. The largest absolute Gasteiger partial charge is 2.00 e. The van der Waals surface area contributed by atoms with Crippen molar-refractivity contribution in [3.63, 3.8) is 0 Å². The molecule has 13 heteroatoms. The molecule has 0 aromatic heterocycles. The van der Waals surface area contributed by atoms with Crippen LogP contribution in [0.25, 0.3) is 0 Å². The van der Waals surface area contributed by atoms with Gasteiger partial charge in [0.05, 0.1) is 0 Å². The first-order chi connectivity index (χ1) is 9.91. The number of nitrogens with two attached hydrogens (primary N) is 2. The van der Waals surface area contributed by atoms with E-state index in [1.165, 1.54) is 23.5 Å². The van der Waals surface area contributed by atoms with Gasteiger partial charge in [-0.25, -0.2) is 0 Å². The second-order valence-corrected chi connectivity index (χ2v) is 9.39. The van der Waals surface area contributed by atoms with Crippen LogP contribution >= 0.6 is 72.4 Å². The number of rotatable bonds is 3. The molecule has 0 heterocycles. The maximum Gasteiger partial charge on any atom is 2.00 e. The van der Waals surface area contributed by atoms with Gasteiger partial charge in [-0.3, -0.25) is 0 Å². The number of hydrogen-bond acceptors (Lipinski definition) is 8. The van der Waals surface area contributed by atoms with E-state index in [1.54, 1.807) is 9.80 Å². The predicted molar refractivity (Wildman–Crippen MR) is 126 cm³/mol. The first-order valence-electron chi connectivity index (χ1n) is 5.52. The summed E-state index contributed by atoms with van der Waals surface area (Å²) in [6.07, 6.45) is 0. The van der Waals surface area contributed by atoms with Gasteiger partial charge in [-0.2, -0.15) is 0 Å². The van der Waals surface area contributed by atoms with Crippen LogP contribution < -0.4 is 11.5 Å². The van der Waals surface area contributed by atoms with E-state index in [4.69, 9.17) is 11.5 Å². The molecule has 130 valence electrons. The summed E-state index contributed by atoms with van der Waals surface area (Å²) < 4.78 is 1.97. The van der Waals surface area contributed by atoms with Crippen molar-refractivity contribution in [2.24, 2.45) is 11.5 Å². The Hall–Kier alpha value is 1.32. The van der Waals surface area contributed by atoms with E-state index in [0.717, 1.165) is 11.5 Å². The minimum Gasteiger partial charge on any atom is -0.411 e. The van der Waals surface area contributed by atoms with Crippen LogP contribution in [0.1, 0.15) is 0 Å². The quantitative estimate of drug-likeness (QED) is 0.248. The molecule has 0 saturated carbocycles. The Bertz CT molecular complexity index is 331. The fourth-order valence-corrected chi connectivity index (χ4v) is 1.85. The third-order valence-electron chi connectivity index (χ3n) is 1.30. The fourth-order valence-electron chi connectivity index (χ4n) is 0.285. The van der Waals surface area contributed by atoms with Crippen molar-refractivity contribution >= 4 is 115 Å². The summed E-state index contributed by atoms with van der Waals surface area (Å²) in [6.45, 7) is 0. The van der Waals surface area contributed by atoms with Gasteiger partial charge in [0.25, 0.3) is 0 Å². The average Bonchev–Trinajstić information content (AvgIpc) is 2.35. The Labute approximate surface area is 193 Å². The van der Waals surface area contributed by atoms with E-state index < -0.39 is 0 Å². The van der Waals surface area contributed by atoms with Crippen molar-refractivity contribution in [2.45, 2.75) is 0 Å². The first-order valence-corrected chi connectivity index (χ1v) is 9.94. The van der Waals surface area contributed by atoms with Crippen LogP contribution in [0.5, 0.6) is 0 Å². The molecule has 4 nitrogen and oxygen atoms in total. The van der Waals surface area contributed by atoms with E-state index in [0.29, 0.717) is 17.3 Å². The maximum absolute atomic E-state index is 5.23. The van der Waals surface area contributed by atoms with Gasteiger partial charge in [-0.1, -0.05) is 56.6 Å². The summed E-state index contributed by atoms with van der Waals surface area (Å²) in [5.74, 6) is 1.74. The van der Waals surface area contributed by atoms with Crippen LogP contribution in [0.2, 0.25) is 0 Å². The summed E-state index contributed by atoms with van der Waals surface area (Å²) >= 11 is 30.4. The molecule has 0 unspecified atom stereocenters. The normalized spacial score (nSPS) is 8.00. The second kappa shape index (κ2) is 21.4. The number of thioether (sulfide) groups is 2. The Morgan fingerprint density at radius 2 is 0.957 bits per heavy atom. The predicted octanol–water partition coefficient (Wildman–Crippen LogP) is 1.70. The molecule has 0 aromatic carbocycles. The molecule has 23 heavy (non-hydrogen) atoms. The van der Waals surface area contributed by atoms with Crippen molar-refractivity contribution in [1.82, 2.24) is 9.80 Å². The molecule has 4 N–H and O–H groups in total. The molecule has 0 spiro atoms. The molecule has 0 bridgehead atoms. The SMILES string of the molecule is CN(C)C(=S)[S-].CN(C)C(=S)[S-].NC(=S)SCCSC(N)=S.[Zn+2]. The number of nitrogens with zero attached hydrogens (tertiary/aromatic N) is 2. The van der Waals surface area contributed by atoms with Gasteiger partial charge >= 0.3 is 19.5 Å². The van der Waals surface area contributed by atoms with Crippen molar-refractivity contribution in [3.05, 3.63) is 0 Å². The zero-order valence-electron chi connectivity index (χ0n) is 13.4. The van der Waals surface area contributed by atoms with E-state index in [2.05, 4.69) is 74.1 Å². The smallest absolute Gasteiger partial charge is 0.411 e. The zero-order chi connectivity index (χ0) is 18.3. The summed E-state index contributed by atoms with van der Waals surface area (Å²) in [7, 11) is 7.31. The summed E-state index contributed by atoms with van der Waals surface area (Å²) in [4.78, 5) is 3.43. The van der Waals surface area contributed by atoms with Crippen molar-refractivity contribution < 1.29 is 19.5 Å². The molecular formula is C10H20N4S8Zn. The van der Waals surface area contributed by atoms with Crippen molar-refractivity contribution in [2.75, 3.05) is 39.7 Å². The van der Waals surface area contributed by atoms with Crippen LogP contribution in [0.3, 0.4) is 0 Å². The van der Waals surface area contributed by atoms with Crippen LogP contribution in [0.15, 0.2) is 0 Å². The first kappa shape index (κ1) is 32.0. The van der Waals surface area contributed by atoms with Crippen molar-refractivity contribution in [1.29, 1.82) is 0 Å². The van der Waals surface area contributed by atoms with E-state index in [-0.39, 0.29) is 19.5 Å². The molecule has 0 aromatic rings. The third kappa shape index (κ3) is 39.8. The molecule has 0 rings (SSSR count). The van der Waals surface area contributed by atoms with E-state index >= 15 is 0 Å². The maximum atomic E-state index is 5.23. The molecular weight excluding hydrogens is 498 g/mol. The Morgan fingerprint density at radius 3 is 1.04 bits per heavy atom. The molecule has 0 aliphatic rings. The molecule has 0 fully saturated rings. The Balaban J connectivity index is -0.000000122. The summed E-state index contributed by atoms with van der Waals surface area (Å²) in [6, 6.07) is 0. The van der Waals surface area contributed by atoms with Gasteiger partial charge in [0.2, 0.25) is 0 Å². The third-order valence-corrected chi connectivity index (χ3v) is 5.11. The van der Waals surface area contributed by atoms with Gasteiger partial charge in [-0.15, -0.1) is 0 Å². The van der Waals surface area contributed by atoms with Gasteiger partial charge in [0.1, 0.15) is 8.64 Å². The zero-order valence-corrected chi connectivity index (χ0v) is 22.9. The van der Waals surface area contributed by atoms with Gasteiger partial charge in [0, 0.05) is 39.7 Å².